The van der Waals surface area contributed by atoms with Crippen molar-refractivity contribution in [1.29, 1.82) is 0 Å². The van der Waals surface area contributed by atoms with Gasteiger partial charge < -0.3 is 5.11 Å². The van der Waals surface area contributed by atoms with Crippen LogP contribution < -0.4 is 0 Å². The summed E-state index contributed by atoms with van der Waals surface area (Å²) in [5.74, 6) is 0.0649. The molecule has 1 unspecified atom stereocenters. The van der Waals surface area contributed by atoms with Crippen molar-refractivity contribution in [1.82, 2.24) is 8.96 Å². The van der Waals surface area contributed by atoms with Crippen LogP contribution in [0.3, 0.4) is 0 Å². The molecule has 1 atom stereocenters. The second-order valence-corrected chi connectivity index (χ2v) is 6.53. The molecule has 0 saturated carbocycles. The molecule has 0 spiro atoms. The van der Waals surface area contributed by atoms with Crippen LogP contribution in [-0.2, 0) is 10.0 Å². The minimum atomic E-state index is -3.79. The van der Waals surface area contributed by atoms with Gasteiger partial charge in [0.25, 0.3) is 10.0 Å². The highest BCUT2D eigenvalue weighted by molar-refractivity contribution is 7.90. The number of aliphatic hydroxyl groups is 1. The molecule has 0 radical (unpaired) electrons. The Labute approximate surface area is 128 Å². The van der Waals surface area contributed by atoms with E-state index < -0.39 is 16.1 Å². The second kappa shape index (κ2) is 5.75. The third-order valence-electron chi connectivity index (χ3n) is 3.29. The number of aromatic nitrogens is 2. The van der Waals surface area contributed by atoms with E-state index in [0.29, 0.717) is 5.56 Å². The van der Waals surface area contributed by atoms with Gasteiger partial charge in [0.15, 0.2) is 5.82 Å². The van der Waals surface area contributed by atoms with E-state index in [4.69, 9.17) is 0 Å². The highest BCUT2D eigenvalue weighted by Crippen LogP contribution is 2.23. The lowest BCUT2D eigenvalue weighted by Crippen LogP contribution is -2.18. The standard InChI is InChI=1S/C16H14N2O3S/c19-15(13-7-3-1-4-8-13)16-17-11-12-18(16)22(20,21)14-9-5-2-6-10-14/h1-12,15,19H. The number of benzene rings is 2. The third kappa shape index (κ3) is 2.54. The molecule has 5 nitrogen and oxygen atoms in total. The molecule has 0 bridgehead atoms. The summed E-state index contributed by atoms with van der Waals surface area (Å²) in [6.07, 6.45) is 1.58. The number of aliphatic hydroxyl groups excluding tert-OH is 1. The molecule has 0 fully saturated rings. The molecule has 1 aromatic heterocycles. The first kappa shape index (κ1) is 14.5. The number of nitrogens with zero attached hydrogens (tertiary/aromatic N) is 2. The second-order valence-electron chi connectivity index (χ2n) is 4.71. The monoisotopic (exact) mass is 314 g/mol. The minimum absolute atomic E-state index is 0.0649. The Hall–Kier alpha value is -2.44. The summed E-state index contributed by atoms with van der Waals surface area (Å²) in [6, 6.07) is 16.9. The quantitative estimate of drug-likeness (QED) is 0.801. The number of hydrogen-bond donors (Lipinski definition) is 1. The predicted molar refractivity (Wildman–Crippen MR) is 81.8 cm³/mol. The van der Waals surface area contributed by atoms with E-state index in [1.165, 1.54) is 24.5 Å². The van der Waals surface area contributed by atoms with Gasteiger partial charge in [-0.15, -0.1) is 0 Å². The fraction of sp³-hybridized carbons (Fsp3) is 0.0625. The molecule has 3 aromatic rings. The van der Waals surface area contributed by atoms with Crippen LogP contribution in [0.25, 0.3) is 0 Å². The fourth-order valence-corrected chi connectivity index (χ4v) is 3.52. The molecular formula is C16H14N2O3S. The maximum absolute atomic E-state index is 12.7. The van der Waals surface area contributed by atoms with Gasteiger partial charge in [0.2, 0.25) is 0 Å². The Balaban J connectivity index is 2.07. The van der Waals surface area contributed by atoms with E-state index in [2.05, 4.69) is 4.98 Å². The maximum Gasteiger partial charge on any atom is 0.269 e. The molecule has 1 heterocycles. The van der Waals surface area contributed by atoms with E-state index in [1.807, 2.05) is 6.07 Å². The Bertz CT molecular complexity index is 859. The van der Waals surface area contributed by atoms with Crippen molar-refractivity contribution < 1.29 is 13.5 Å². The molecule has 0 aliphatic rings. The van der Waals surface area contributed by atoms with Crippen LogP contribution in [0.2, 0.25) is 0 Å². The predicted octanol–water partition coefficient (Wildman–Crippen LogP) is 2.20. The lowest BCUT2D eigenvalue weighted by atomic mass is 10.1. The van der Waals surface area contributed by atoms with Crippen molar-refractivity contribution in [2.75, 3.05) is 0 Å². The zero-order valence-corrected chi connectivity index (χ0v) is 12.4. The van der Waals surface area contributed by atoms with Crippen LogP contribution in [-0.4, -0.2) is 22.5 Å². The molecule has 3 rings (SSSR count). The van der Waals surface area contributed by atoms with Crippen LogP contribution in [0.15, 0.2) is 78.0 Å². The molecule has 0 amide bonds. The molecular weight excluding hydrogens is 300 g/mol. The summed E-state index contributed by atoms with van der Waals surface area (Å²) in [5, 5.41) is 10.4. The average molecular weight is 314 g/mol. The van der Waals surface area contributed by atoms with Gasteiger partial charge in [0.05, 0.1) is 4.90 Å². The maximum atomic E-state index is 12.7. The van der Waals surface area contributed by atoms with Crippen LogP contribution >= 0.6 is 0 Å². The number of hydrogen-bond acceptors (Lipinski definition) is 4. The van der Waals surface area contributed by atoms with Gasteiger partial charge in [-0.1, -0.05) is 48.5 Å². The fourth-order valence-electron chi connectivity index (χ4n) is 2.19. The number of imidazole rings is 1. The van der Waals surface area contributed by atoms with E-state index in [-0.39, 0.29) is 10.7 Å². The van der Waals surface area contributed by atoms with Gasteiger partial charge >= 0.3 is 0 Å². The van der Waals surface area contributed by atoms with E-state index in [1.54, 1.807) is 42.5 Å². The molecule has 22 heavy (non-hydrogen) atoms. The lowest BCUT2D eigenvalue weighted by Gasteiger charge is -2.14. The first-order valence-corrected chi connectivity index (χ1v) is 8.11. The lowest BCUT2D eigenvalue weighted by molar-refractivity contribution is 0.209. The average Bonchev–Trinajstić information content (AvgIpc) is 3.06. The van der Waals surface area contributed by atoms with Gasteiger partial charge in [0, 0.05) is 12.4 Å². The first-order chi connectivity index (χ1) is 10.6. The molecule has 0 aliphatic carbocycles. The Morgan fingerprint density at radius 3 is 2.18 bits per heavy atom. The van der Waals surface area contributed by atoms with Gasteiger partial charge in [-0.25, -0.2) is 17.4 Å². The van der Waals surface area contributed by atoms with Gasteiger partial charge in [0.1, 0.15) is 6.10 Å². The van der Waals surface area contributed by atoms with E-state index >= 15 is 0 Å². The normalized spacial score (nSPS) is 13.0. The van der Waals surface area contributed by atoms with Crippen LogP contribution in [0.4, 0.5) is 0 Å². The molecule has 112 valence electrons. The molecule has 1 N–H and O–H groups in total. The Kier molecular flexibility index (Phi) is 3.79. The van der Waals surface area contributed by atoms with Crippen molar-refractivity contribution >= 4 is 10.0 Å². The summed E-state index contributed by atoms with van der Waals surface area (Å²) < 4.78 is 26.3. The zero-order chi connectivity index (χ0) is 15.6. The minimum Gasteiger partial charge on any atom is -0.380 e. The van der Waals surface area contributed by atoms with Crippen molar-refractivity contribution in [2.45, 2.75) is 11.0 Å². The number of rotatable bonds is 4. The summed E-state index contributed by atoms with van der Waals surface area (Å²) in [4.78, 5) is 4.17. The SMILES string of the molecule is O=S(=O)(c1ccccc1)n1ccnc1C(O)c1ccccc1. The molecule has 2 aromatic carbocycles. The van der Waals surface area contributed by atoms with Crippen molar-refractivity contribution in [3.8, 4) is 0 Å². The van der Waals surface area contributed by atoms with E-state index in [9.17, 15) is 13.5 Å². The summed E-state index contributed by atoms with van der Waals surface area (Å²) >= 11 is 0. The van der Waals surface area contributed by atoms with Crippen LogP contribution in [0.5, 0.6) is 0 Å². The highest BCUT2D eigenvalue weighted by Gasteiger charge is 2.24. The summed E-state index contributed by atoms with van der Waals surface area (Å²) in [5.41, 5.74) is 0.582. The Morgan fingerprint density at radius 2 is 1.55 bits per heavy atom. The van der Waals surface area contributed by atoms with Crippen molar-refractivity contribution in [3.63, 3.8) is 0 Å². The third-order valence-corrected chi connectivity index (χ3v) is 4.99. The van der Waals surface area contributed by atoms with Gasteiger partial charge in [-0.05, 0) is 17.7 Å². The van der Waals surface area contributed by atoms with Gasteiger partial charge in [-0.3, -0.25) is 0 Å². The zero-order valence-electron chi connectivity index (χ0n) is 11.6. The first-order valence-electron chi connectivity index (χ1n) is 6.67. The smallest absolute Gasteiger partial charge is 0.269 e. The molecule has 6 heteroatoms. The van der Waals surface area contributed by atoms with Crippen molar-refractivity contribution in [2.24, 2.45) is 0 Å². The van der Waals surface area contributed by atoms with Crippen LogP contribution in [0, 0.1) is 0 Å². The largest absolute Gasteiger partial charge is 0.380 e. The molecule has 0 aliphatic heterocycles. The van der Waals surface area contributed by atoms with Crippen LogP contribution in [0.1, 0.15) is 17.5 Å². The topological polar surface area (TPSA) is 72.2 Å². The van der Waals surface area contributed by atoms with E-state index in [0.717, 1.165) is 3.97 Å². The summed E-state index contributed by atoms with van der Waals surface area (Å²) in [7, 11) is -3.79. The Morgan fingerprint density at radius 1 is 0.955 bits per heavy atom. The highest BCUT2D eigenvalue weighted by atomic mass is 32.2. The van der Waals surface area contributed by atoms with Crippen molar-refractivity contribution in [3.05, 3.63) is 84.4 Å². The molecule has 0 saturated heterocycles. The van der Waals surface area contributed by atoms with Gasteiger partial charge in [-0.2, -0.15) is 0 Å². The summed E-state index contributed by atoms with van der Waals surface area (Å²) in [6.45, 7) is 0.